The molecule has 6 heteroatoms. The molecular weight excluding hydrogens is 312 g/mol. The molecule has 2 atom stereocenters. The van der Waals surface area contributed by atoms with Gasteiger partial charge in [0.05, 0.1) is 0 Å². The smallest absolute Gasteiger partial charge is 0.355 e. The molecule has 1 fully saturated rings. The van der Waals surface area contributed by atoms with Gasteiger partial charge >= 0.3 is 5.97 Å². The Morgan fingerprint density at radius 3 is 2.91 bits per heavy atom. The van der Waals surface area contributed by atoms with Crippen LogP contribution in [0.25, 0.3) is 6.08 Å². The van der Waals surface area contributed by atoms with Crippen molar-refractivity contribution in [3.63, 3.8) is 0 Å². The van der Waals surface area contributed by atoms with Gasteiger partial charge in [-0.15, -0.1) is 11.8 Å². The van der Waals surface area contributed by atoms with E-state index in [9.17, 15) is 9.59 Å². The monoisotopic (exact) mass is 330 g/mol. The van der Waals surface area contributed by atoms with Crippen molar-refractivity contribution >= 4 is 29.7 Å². The number of benzene rings is 1. The van der Waals surface area contributed by atoms with Crippen LogP contribution in [-0.4, -0.2) is 40.6 Å². The second-order valence-electron chi connectivity index (χ2n) is 5.52. The summed E-state index contributed by atoms with van der Waals surface area (Å²) in [7, 11) is 0. The molecule has 1 aromatic rings. The van der Waals surface area contributed by atoms with Crippen LogP contribution in [0.5, 0.6) is 0 Å². The van der Waals surface area contributed by atoms with Crippen LogP contribution in [0.1, 0.15) is 12.5 Å². The van der Waals surface area contributed by atoms with Crippen LogP contribution < -0.4 is 5.73 Å². The normalized spacial score (nSPS) is 23.7. The molecule has 2 aliphatic heterocycles. The highest BCUT2D eigenvalue weighted by Gasteiger charge is 2.50. The van der Waals surface area contributed by atoms with Crippen molar-refractivity contribution in [1.82, 2.24) is 4.90 Å². The van der Waals surface area contributed by atoms with Crippen molar-refractivity contribution in [2.24, 2.45) is 5.73 Å². The molecule has 1 aromatic carbocycles. The van der Waals surface area contributed by atoms with E-state index in [1.54, 1.807) is 17.8 Å². The fraction of sp³-hybridized carbons (Fsp3) is 0.294. The zero-order valence-corrected chi connectivity index (χ0v) is 13.6. The first-order valence-corrected chi connectivity index (χ1v) is 8.42. The predicted molar refractivity (Wildman–Crippen MR) is 90.2 cm³/mol. The standard InChI is InChI=1S/C17H18N2O3S/c1-11(9-12-5-3-2-4-6-12)10-22-17(21)13-7-8-23-16-14(18)15(20)19(13)16/h2-7,9,14,16H,8,10,18H2,1H3/b11-9+/t14?,16-/m1/s1. The summed E-state index contributed by atoms with van der Waals surface area (Å²) in [6.07, 6.45) is 3.69. The molecule has 0 saturated carbocycles. The number of esters is 1. The maximum Gasteiger partial charge on any atom is 0.355 e. The number of hydrogen-bond donors (Lipinski definition) is 1. The van der Waals surface area contributed by atoms with Crippen molar-refractivity contribution in [2.75, 3.05) is 12.4 Å². The number of carbonyl (C=O) groups excluding carboxylic acids is 2. The van der Waals surface area contributed by atoms with Crippen molar-refractivity contribution in [3.8, 4) is 0 Å². The molecule has 2 heterocycles. The molecule has 1 unspecified atom stereocenters. The number of rotatable bonds is 4. The minimum Gasteiger partial charge on any atom is -0.457 e. The lowest BCUT2D eigenvalue weighted by molar-refractivity contribution is -0.150. The average Bonchev–Trinajstić information content (AvgIpc) is 2.59. The lowest BCUT2D eigenvalue weighted by Crippen LogP contribution is -2.68. The molecule has 120 valence electrons. The highest BCUT2D eigenvalue weighted by Crippen LogP contribution is 2.36. The molecule has 5 nitrogen and oxygen atoms in total. The van der Waals surface area contributed by atoms with E-state index in [-0.39, 0.29) is 17.9 Å². The number of hydrogen-bond acceptors (Lipinski definition) is 5. The van der Waals surface area contributed by atoms with Gasteiger partial charge in [-0.3, -0.25) is 9.69 Å². The van der Waals surface area contributed by atoms with Gasteiger partial charge in [-0.05, 0) is 24.1 Å². The van der Waals surface area contributed by atoms with Crippen LogP contribution in [0, 0.1) is 0 Å². The topological polar surface area (TPSA) is 72.6 Å². The van der Waals surface area contributed by atoms with Crippen LogP contribution in [-0.2, 0) is 14.3 Å². The summed E-state index contributed by atoms with van der Waals surface area (Å²) >= 11 is 1.56. The van der Waals surface area contributed by atoms with E-state index < -0.39 is 12.0 Å². The molecule has 0 aromatic heterocycles. The minimum atomic E-state index is -0.517. The van der Waals surface area contributed by atoms with Crippen LogP contribution in [0.15, 0.2) is 47.7 Å². The quantitative estimate of drug-likeness (QED) is 0.673. The second kappa shape index (κ2) is 6.60. The Bertz CT molecular complexity index is 684. The molecule has 1 saturated heterocycles. The van der Waals surface area contributed by atoms with Crippen molar-refractivity contribution in [1.29, 1.82) is 0 Å². The molecule has 2 N–H and O–H groups in total. The minimum absolute atomic E-state index is 0.143. The fourth-order valence-electron chi connectivity index (χ4n) is 2.55. The van der Waals surface area contributed by atoms with Crippen LogP contribution >= 0.6 is 11.8 Å². The lowest BCUT2D eigenvalue weighted by Gasteiger charge is -2.46. The molecule has 0 radical (unpaired) electrons. The summed E-state index contributed by atoms with van der Waals surface area (Å²) in [5.74, 6) is -0.0379. The van der Waals surface area contributed by atoms with E-state index in [1.165, 1.54) is 4.90 Å². The third kappa shape index (κ3) is 3.18. The Kier molecular flexibility index (Phi) is 4.54. The van der Waals surface area contributed by atoms with Crippen molar-refractivity contribution < 1.29 is 14.3 Å². The Morgan fingerprint density at radius 1 is 1.43 bits per heavy atom. The first-order chi connectivity index (χ1) is 11.1. The van der Waals surface area contributed by atoms with E-state index in [4.69, 9.17) is 10.5 Å². The van der Waals surface area contributed by atoms with Gasteiger partial charge in [0.15, 0.2) is 0 Å². The average molecular weight is 330 g/mol. The van der Waals surface area contributed by atoms with Gasteiger partial charge in [0.1, 0.15) is 23.7 Å². The molecule has 2 aliphatic rings. The SMILES string of the molecule is C/C(=C\c1ccccc1)COC(=O)C1=CCS[C@@H]2C(N)C(=O)N12. The molecule has 0 spiro atoms. The third-order valence-corrected chi connectivity index (χ3v) is 4.94. The highest BCUT2D eigenvalue weighted by molar-refractivity contribution is 8.00. The van der Waals surface area contributed by atoms with Gasteiger partial charge in [-0.1, -0.05) is 36.4 Å². The number of β-lactam (4-membered cyclic amide) rings is 1. The summed E-state index contributed by atoms with van der Waals surface area (Å²) in [5.41, 5.74) is 8.04. The number of carbonyl (C=O) groups is 2. The molecule has 23 heavy (non-hydrogen) atoms. The van der Waals surface area contributed by atoms with Gasteiger partial charge in [0.2, 0.25) is 5.91 Å². The molecule has 1 amide bonds. The number of nitrogens with zero attached hydrogens (tertiary/aromatic N) is 1. The summed E-state index contributed by atoms with van der Waals surface area (Å²) in [4.78, 5) is 25.5. The Balaban J connectivity index is 1.60. The Hall–Kier alpha value is -2.05. The maximum absolute atomic E-state index is 12.2. The summed E-state index contributed by atoms with van der Waals surface area (Å²) in [6.45, 7) is 2.09. The van der Waals surface area contributed by atoms with Gasteiger partial charge < -0.3 is 10.5 Å². The summed E-state index contributed by atoms with van der Waals surface area (Å²) in [6, 6.07) is 9.30. The zero-order chi connectivity index (χ0) is 16.4. The maximum atomic E-state index is 12.2. The first kappa shape index (κ1) is 15.8. The number of nitrogens with two attached hydrogens (primary N) is 1. The van der Waals surface area contributed by atoms with Gasteiger partial charge in [-0.2, -0.15) is 0 Å². The Labute approximate surface area is 139 Å². The fourth-order valence-corrected chi connectivity index (χ4v) is 3.70. The second-order valence-corrected chi connectivity index (χ2v) is 6.67. The molecule has 0 bridgehead atoms. The van der Waals surface area contributed by atoms with E-state index >= 15 is 0 Å². The molecular formula is C17H18N2O3S. The van der Waals surface area contributed by atoms with Crippen LogP contribution in [0.2, 0.25) is 0 Å². The van der Waals surface area contributed by atoms with E-state index in [2.05, 4.69) is 0 Å². The van der Waals surface area contributed by atoms with Crippen molar-refractivity contribution in [3.05, 3.63) is 53.2 Å². The van der Waals surface area contributed by atoms with Gasteiger partial charge in [-0.25, -0.2) is 4.79 Å². The highest BCUT2D eigenvalue weighted by atomic mass is 32.2. The largest absolute Gasteiger partial charge is 0.457 e. The lowest BCUT2D eigenvalue weighted by atomic mass is 10.1. The number of ether oxygens (including phenoxy) is 1. The predicted octanol–water partition coefficient (Wildman–Crippen LogP) is 1.76. The van der Waals surface area contributed by atoms with Crippen LogP contribution in [0.3, 0.4) is 0 Å². The summed E-state index contributed by atoms with van der Waals surface area (Å²) in [5, 5.41) is -0.143. The van der Waals surface area contributed by atoms with Gasteiger partial charge in [0, 0.05) is 5.75 Å². The molecule has 3 rings (SSSR count). The number of thioether (sulfide) groups is 1. The third-order valence-electron chi connectivity index (χ3n) is 3.74. The van der Waals surface area contributed by atoms with E-state index in [0.717, 1.165) is 11.1 Å². The number of amides is 1. The summed E-state index contributed by atoms with van der Waals surface area (Å²) < 4.78 is 5.33. The van der Waals surface area contributed by atoms with Gasteiger partial charge in [0.25, 0.3) is 0 Å². The first-order valence-electron chi connectivity index (χ1n) is 7.37. The Morgan fingerprint density at radius 2 is 2.17 bits per heavy atom. The zero-order valence-electron chi connectivity index (χ0n) is 12.8. The number of fused-ring (bicyclic) bond motifs is 1. The van der Waals surface area contributed by atoms with Crippen LogP contribution in [0.4, 0.5) is 0 Å². The molecule has 0 aliphatic carbocycles. The van der Waals surface area contributed by atoms with Crippen molar-refractivity contribution in [2.45, 2.75) is 18.3 Å². The van der Waals surface area contributed by atoms with E-state index in [0.29, 0.717) is 11.4 Å². The van der Waals surface area contributed by atoms with E-state index in [1.807, 2.05) is 43.3 Å².